The van der Waals surface area contributed by atoms with Crippen LogP contribution in [-0.4, -0.2) is 9.97 Å². The minimum atomic E-state index is -0.473. The molecule has 0 unspecified atom stereocenters. The third-order valence-electron chi connectivity index (χ3n) is 11.8. The number of rotatable bonds is 4. The smallest absolute Gasteiger partial charge is 0.161 e. The van der Waals surface area contributed by atoms with Crippen molar-refractivity contribution in [2.75, 3.05) is 0 Å². The largest absolute Gasteiger partial charge is 0.457 e. The van der Waals surface area contributed by atoms with Gasteiger partial charge in [0.25, 0.3) is 0 Å². The van der Waals surface area contributed by atoms with Crippen LogP contribution in [0.1, 0.15) is 22.3 Å². The fourth-order valence-electron chi connectivity index (χ4n) is 9.31. The highest BCUT2D eigenvalue weighted by molar-refractivity contribution is 7.26. The van der Waals surface area contributed by atoms with Crippen LogP contribution in [0.25, 0.3) is 76.3 Å². The van der Waals surface area contributed by atoms with Gasteiger partial charge in [-0.1, -0.05) is 170 Å². The van der Waals surface area contributed by atoms with Gasteiger partial charge in [-0.2, -0.15) is 0 Å². The van der Waals surface area contributed by atoms with E-state index < -0.39 is 5.41 Å². The second-order valence-electron chi connectivity index (χ2n) is 14.8. The number of ether oxygens (including phenoxy) is 1. The summed E-state index contributed by atoms with van der Waals surface area (Å²) in [7, 11) is 0. The predicted octanol–water partition coefficient (Wildman–Crippen LogP) is 14.0. The Hall–Kier alpha value is -7.14. The molecule has 266 valence electrons. The zero-order chi connectivity index (χ0) is 37.5. The molecule has 2 aromatic heterocycles. The SMILES string of the molecule is c1ccc(-c2ccccc2-c2nc(-c3ccc(-c4ccc5c(c4)-c4ccccc4C54c5ccccc5Oc5ccccc54)cc3)c3sc4ccccc4c3n2)cc1. The number of benzene rings is 8. The summed E-state index contributed by atoms with van der Waals surface area (Å²) in [4.78, 5) is 10.7. The molecule has 0 N–H and O–H groups in total. The minimum Gasteiger partial charge on any atom is -0.457 e. The Bertz CT molecular complexity index is 3170. The quantitative estimate of drug-likeness (QED) is 0.180. The van der Waals surface area contributed by atoms with Crippen molar-refractivity contribution in [1.82, 2.24) is 9.97 Å². The molecule has 10 aromatic rings. The van der Waals surface area contributed by atoms with Gasteiger partial charge >= 0.3 is 0 Å². The van der Waals surface area contributed by atoms with Crippen LogP contribution in [0.15, 0.2) is 194 Å². The fraction of sp³-hybridized carbons (Fsp3) is 0.0189. The van der Waals surface area contributed by atoms with Gasteiger partial charge in [-0.15, -0.1) is 11.3 Å². The van der Waals surface area contributed by atoms with Crippen LogP contribution in [-0.2, 0) is 5.41 Å². The first-order valence-electron chi connectivity index (χ1n) is 19.3. The number of para-hydroxylation sites is 2. The Balaban J connectivity index is 1.00. The van der Waals surface area contributed by atoms with E-state index in [-0.39, 0.29) is 0 Å². The summed E-state index contributed by atoms with van der Waals surface area (Å²) in [5.41, 5.74) is 15.6. The Morgan fingerprint density at radius 1 is 0.404 bits per heavy atom. The standard InChI is InChI=1S/C53H32N2OS/c1-2-14-34(15-3-1)37-16-4-5-18-39(37)52-54-49(51-50(55-52)40-19-7-13-25-48(40)57-51)35-28-26-33(27-29-35)36-30-31-43-41(32-36)38-17-6-8-20-42(38)53(43)44-21-9-11-23-46(44)56-47-24-12-10-22-45(47)53/h1-32H. The molecule has 3 heterocycles. The molecule has 3 nitrogen and oxygen atoms in total. The highest BCUT2D eigenvalue weighted by Gasteiger charge is 2.50. The Morgan fingerprint density at radius 2 is 0.982 bits per heavy atom. The maximum atomic E-state index is 6.53. The lowest BCUT2D eigenvalue weighted by Crippen LogP contribution is -2.32. The summed E-state index contributed by atoms with van der Waals surface area (Å²) in [5.74, 6) is 2.54. The van der Waals surface area contributed by atoms with Crippen molar-refractivity contribution in [3.63, 3.8) is 0 Å². The van der Waals surface area contributed by atoms with Gasteiger partial charge in [-0.05, 0) is 68.8 Å². The third kappa shape index (κ3) is 4.71. The van der Waals surface area contributed by atoms with Crippen molar-refractivity contribution in [3.05, 3.63) is 216 Å². The van der Waals surface area contributed by atoms with E-state index in [0.717, 1.165) is 66.4 Å². The molecule has 1 aliphatic heterocycles. The zero-order valence-corrected chi connectivity index (χ0v) is 31.5. The second-order valence-corrected chi connectivity index (χ2v) is 15.9. The number of fused-ring (bicyclic) bond motifs is 12. The van der Waals surface area contributed by atoms with Crippen LogP contribution in [0, 0.1) is 0 Å². The van der Waals surface area contributed by atoms with Gasteiger partial charge < -0.3 is 4.74 Å². The van der Waals surface area contributed by atoms with Gasteiger partial charge in [0.1, 0.15) is 11.5 Å². The average Bonchev–Trinajstić information content (AvgIpc) is 3.80. The molecule has 0 fully saturated rings. The van der Waals surface area contributed by atoms with Crippen LogP contribution in [0.3, 0.4) is 0 Å². The Labute approximate surface area is 334 Å². The number of aromatic nitrogens is 2. The van der Waals surface area contributed by atoms with Crippen molar-refractivity contribution in [3.8, 4) is 67.5 Å². The number of thiophene rings is 1. The molecule has 8 aromatic carbocycles. The highest BCUT2D eigenvalue weighted by atomic mass is 32.1. The molecule has 12 rings (SSSR count). The maximum absolute atomic E-state index is 6.53. The maximum Gasteiger partial charge on any atom is 0.161 e. The van der Waals surface area contributed by atoms with Crippen molar-refractivity contribution in [2.24, 2.45) is 0 Å². The normalized spacial score (nSPS) is 13.2. The lowest BCUT2D eigenvalue weighted by atomic mass is 9.66. The van der Waals surface area contributed by atoms with Gasteiger partial charge in [-0.25, -0.2) is 9.97 Å². The molecule has 0 saturated heterocycles. The summed E-state index contributed by atoms with van der Waals surface area (Å²) in [5, 5.41) is 1.15. The van der Waals surface area contributed by atoms with Gasteiger partial charge in [0.05, 0.1) is 21.3 Å². The van der Waals surface area contributed by atoms with Crippen molar-refractivity contribution in [1.29, 1.82) is 0 Å². The predicted molar refractivity (Wildman–Crippen MR) is 234 cm³/mol. The molecule has 4 heteroatoms. The van der Waals surface area contributed by atoms with Gasteiger partial charge in [0.15, 0.2) is 5.82 Å². The summed E-state index contributed by atoms with van der Waals surface area (Å²) >= 11 is 1.76. The lowest BCUT2D eigenvalue weighted by molar-refractivity contribution is 0.436. The molecule has 0 saturated carbocycles. The Morgan fingerprint density at radius 3 is 1.75 bits per heavy atom. The summed E-state index contributed by atoms with van der Waals surface area (Å²) in [6, 6.07) is 69.4. The molecule has 1 spiro atoms. The summed E-state index contributed by atoms with van der Waals surface area (Å²) in [6.07, 6.45) is 0. The van der Waals surface area contributed by atoms with E-state index >= 15 is 0 Å². The van der Waals surface area contributed by atoms with E-state index in [1.807, 2.05) is 0 Å². The minimum absolute atomic E-state index is 0.473. The monoisotopic (exact) mass is 744 g/mol. The third-order valence-corrected chi connectivity index (χ3v) is 13.0. The van der Waals surface area contributed by atoms with E-state index in [9.17, 15) is 0 Å². The topological polar surface area (TPSA) is 35.0 Å². The number of hydrogen-bond donors (Lipinski definition) is 0. The van der Waals surface area contributed by atoms with Crippen LogP contribution in [0.4, 0.5) is 0 Å². The van der Waals surface area contributed by atoms with Crippen LogP contribution < -0.4 is 4.74 Å². The summed E-state index contributed by atoms with van der Waals surface area (Å²) in [6.45, 7) is 0. The van der Waals surface area contributed by atoms with E-state index in [0.29, 0.717) is 0 Å². The first-order chi connectivity index (χ1) is 28.3. The molecular weight excluding hydrogens is 713 g/mol. The molecule has 57 heavy (non-hydrogen) atoms. The van der Waals surface area contributed by atoms with Crippen LogP contribution >= 0.6 is 11.3 Å². The number of hydrogen-bond acceptors (Lipinski definition) is 4. The van der Waals surface area contributed by atoms with Gasteiger partial charge in [0.2, 0.25) is 0 Å². The van der Waals surface area contributed by atoms with Crippen LogP contribution in [0.5, 0.6) is 11.5 Å². The average molecular weight is 745 g/mol. The molecular formula is C53H32N2OS. The second kappa shape index (κ2) is 12.4. The van der Waals surface area contributed by atoms with Crippen LogP contribution in [0.2, 0.25) is 0 Å². The van der Waals surface area contributed by atoms with Gasteiger partial charge in [-0.3, -0.25) is 0 Å². The number of nitrogens with zero attached hydrogens (tertiary/aromatic N) is 2. The van der Waals surface area contributed by atoms with E-state index in [2.05, 4.69) is 194 Å². The molecule has 1 aliphatic carbocycles. The first-order valence-corrected chi connectivity index (χ1v) is 20.1. The lowest BCUT2D eigenvalue weighted by Gasteiger charge is -2.39. The van der Waals surface area contributed by atoms with Gasteiger partial charge in [0, 0.05) is 32.3 Å². The molecule has 0 bridgehead atoms. The van der Waals surface area contributed by atoms with Crippen molar-refractivity contribution in [2.45, 2.75) is 5.41 Å². The molecule has 0 atom stereocenters. The molecule has 0 radical (unpaired) electrons. The highest BCUT2D eigenvalue weighted by Crippen LogP contribution is 2.62. The Kier molecular flexibility index (Phi) is 7.01. The van der Waals surface area contributed by atoms with Crippen molar-refractivity contribution < 1.29 is 4.74 Å². The fourth-order valence-corrected chi connectivity index (χ4v) is 10.5. The van der Waals surface area contributed by atoms with E-state index in [1.54, 1.807) is 11.3 Å². The molecule has 2 aliphatic rings. The summed E-state index contributed by atoms with van der Waals surface area (Å²) < 4.78 is 8.83. The first kappa shape index (κ1) is 32.1. The molecule has 0 amide bonds. The van der Waals surface area contributed by atoms with Crippen molar-refractivity contribution >= 4 is 31.6 Å². The van der Waals surface area contributed by atoms with E-state index in [4.69, 9.17) is 14.7 Å². The zero-order valence-electron chi connectivity index (χ0n) is 30.7. The van der Waals surface area contributed by atoms with E-state index in [1.165, 1.54) is 43.6 Å².